The maximum Gasteiger partial charge on any atom is 0.387 e. The molecule has 1 radical (unpaired) electrons. The second-order valence-electron chi connectivity index (χ2n) is 2.68. The van der Waals surface area contributed by atoms with Gasteiger partial charge < -0.3 is 9.64 Å². The molecule has 0 saturated carbocycles. The Hall–Kier alpha value is -1.32. The van der Waals surface area contributed by atoms with Gasteiger partial charge in [-0.15, -0.1) is 0 Å². The molecule has 0 heterocycles. The highest BCUT2D eigenvalue weighted by atomic mass is 19.3. The predicted octanol–water partition coefficient (Wildman–Crippen LogP) is 2.15. The number of benzene rings is 1. The van der Waals surface area contributed by atoms with Crippen LogP contribution >= 0.6 is 0 Å². The molecule has 0 saturated heterocycles. The van der Waals surface area contributed by atoms with Crippen molar-refractivity contribution in [2.75, 3.05) is 19.0 Å². The normalized spacial score (nSPS) is 10.2. The molecule has 0 unspecified atom stereocenters. The van der Waals surface area contributed by atoms with Crippen LogP contribution < -0.4 is 9.64 Å². The molecule has 0 spiro atoms. The lowest BCUT2D eigenvalue weighted by molar-refractivity contribution is -0.0500. The molecule has 4 heteroatoms. The number of halogens is 2. The lowest BCUT2D eigenvalue weighted by Gasteiger charge is -2.12. The van der Waals surface area contributed by atoms with Gasteiger partial charge in [-0.3, -0.25) is 0 Å². The van der Waals surface area contributed by atoms with Crippen molar-refractivity contribution in [3.8, 4) is 5.75 Å². The molecule has 0 amide bonds. The van der Waals surface area contributed by atoms with Crippen molar-refractivity contribution >= 4 is 5.69 Å². The molecule has 0 N–H and O–H groups in total. The number of hydrogen-bond acceptors (Lipinski definition) is 2. The molecule has 0 fully saturated rings. The van der Waals surface area contributed by atoms with Crippen LogP contribution in [0.15, 0.2) is 18.2 Å². The standard InChI is InChI=1S/C9H10F2NO/c1-12(2)7-3-5-8(6-4-7)13-9(10)11/h3-5,9H,1-2H3. The van der Waals surface area contributed by atoms with Crippen molar-refractivity contribution in [2.24, 2.45) is 0 Å². The van der Waals surface area contributed by atoms with Gasteiger partial charge >= 0.3 is 6.61 Å². The summed E-state index contributed by atoms with van der Waals surface area (Å²) < 4.78 is 27.6. The molecule has 71 valence electrons. The molecule has 0 aliphatic rings. The van der Waals surface area contributed by atoms with E-state index in [4.69, 9.17) is 0 Å². The van der Waals surface area contributed by atoms with Gasteiger partial charge in [0.2, 0.25) is 0 Å². The van der Waals surface area contributed by atoms with E-state index in [0.29, 0.717) is 0 Å². The van der Waals surface area contributed by atoms with Crippen molar-refractivity contribution in [3.05, 3.63) is 24.3 Å². The summed E-state index contributed by atoms with van der Waals surface area (Å²) in [6, 6.07) is 7.35. The van der Waals surface area contributed by atoms with Crippen LogP contribution in [0.4, 0.5) is 14.5 Å². The van der Waals surface area contributed by atoms with Crippen molar-refractivity contribution < 1.29 is 13.5 Å². The minimum Gasteiger partial charge on any atom is -0.434 e. The Morgan fingerprint density at radius 1 is 1.38 bits per heavy atom. The number of ether oxygens (including phenoxy) is 1. The molecule has 1 aromatic rings. The van der Waals surface area contributed by atoms with Gasteiger partial charge in [0.25, 0.3) is 0 Å². The van der Waals surface area contributed by atoms with Crippen LogP contribution in [0.2, 0.25) is 0 Å². The Labute approximate surface area is 75.7 Å². The van der Waals surface area contributed by atoms with Gasteiger partial charge in [-0.1, -0.05) is 0 Å². The molecule has 0 aliphatic heterocycles. The van der Waals surface area contributed by atoms with Gasteiger partial charge in [-0.25, -0.2) is 0 Å². The lowest BCUT2D eigenvalue weighted by atomic mass is 10.3. The van der Waals surface area contributed by atoms with E-state index in [1.165, 1.54) is 6.07 Å². The monoisotopic (exact) mass is 186 g/mol. The number of hydrogen-bond donors (Lipinski definition) is 0. The van der Waals surface area contributed by atoms with E-state index in [2.05, 4.69) is 10.8 Å². The Balaban J connectivity index is 2.70. The Morgan fingerprint density at radius 3 is 2.46 bits per heavy atom. The summed E-state index contributed by atoms with van der Waals surface area (Å²) >= 11 is 0. The minimum absolute atomic E-state index is 0.0561. The topological polar surface area (TPSA) is 12.5 Å². The van der Waals surface area contributed by atoms with Crippen LogP contribution in [0.5, 0.6) is 5.75 Å². The van der Waals surface area contributed by atoms with Crippen LogP contribution in [0.1, 0.15) is 0 Å². The third-order valence-electron chi connectivity index (χ3n) is 1.50. The van der Waals surface area contributed by atoms with Gasteiger partial charge in [-0.2, -0.15) is 8.78 Å². The highest BCUT2D eigenvalue weighted by Gasteiger charge is 2.03. The zero-order valence-electron chi connectivity index (χ0n) is 7.42. The Bertz CT molecular complexity index is 259. The van der Waals surface area contributed by atoms with E-state index in [1.807, 2.05) is 19.0 Å². The van der Waals surface area contributed by atoms with Crippen LogP contribution in [-0.4, -0.2) is 20.7 Å². The quantitative estimate of drug-likeness (QED) is 0.717. The summed E-state index contributed by atoms with van der Waals surface area (Å²) in [4.78, 5) is 1.85. The first kappa shape index (κ1) is 9.77. The van der Waals surface area contributed by atoms with Crippen molar-refractivity contribution in [1.82, 2.24) is 0 Å². The number of nitrogens with zero attached hydrogens (tertiary/aromatic N) is 1. The second-order valence-corrected chi connectivity index (χ2v) is 2.68. The average Bonchev–Trinajstić information content (AvgIpc) is 2.04. The van der Waals surface area contributed by atoms with E-state index in [1.54, 1.807) is 12.1 Å². The minimum atomic E-state index is -2.79. The second kappa shape index (κ2) is 4.07. The fourth-order valence-electron chi connectivity index (χ4n) is 0.850. The first-order chi connectivity index (χ1) is 6.09. The largest absolute Gasteiger partial charge is 0.434 e. The average molecular weight is 186 g/mol. The fraction of sp³-hybridized carbons (Fsp3) is 0.333. The molecular formula is C9H10F2NO. The zero-order chi connectivity index (χ0) is 9.84. The third kappa shape index (κ3) is 2.89. The maximum atomic E-state index is 11.7. The van der Waals surface area contributed by atoms with Crippen molar-refractivity contribution in [2.45, 2.75) is 6.61 Å². The van der Waals surface area contributed by atoms with E-state index in [-0.39, 0.29) is 5.75 Å². The number of anilines is 1. The van der Waals surface area contributed by atoms with E-state index in [9.17, 15) is 8.78 Å². The molecule has 0 bridgehead atoms. The highest BCUT2D eigenvalue weighted by molar-refractivity contribution is 5.46. The zero-order valence-corrected chi connectivity index (χ0v) is 7.42. The van der Waals surface area contributed by atoms with E-state index in [0.717, 1.165) is 5.69 Å². The molecular weight excluding hydrogens is 176 g/mol. The third-order valence-corrected chi connectivity index (χ3v) is 1.50. The Kier molecular flexibility index (Phi) is 3.06. The van der Waals surface area contributed by atoms with Gasteiger partial charge in [0.05, 0.1) is 0 Å². The lowest BCUT2D eigenvalue weighted by Crippen LogP contribution is -2.08. The van der Waals surface area contributed by atoms with Crippen LogP contribution in [0, 0.1) is 6.07 Å². The molecule has 1 rings (SSSR count). The SMILES string of the molecule is CN(C)c1c[c]c(OC(F)F)cc1. The summed E-state index contributed by atoms with van der Waals surface area (Å²) in [7, 11) is 3.72. The summed E-state index contributed by atoms with van der Waals surface area (Å²) in [6.45, 7) is -2.79. The van der Waals surface area contributed by atoms with E-state index < -0.39 is 6.61 Å². The predicted molar refractivity (Wildman–Crippen MR) is 46.2 cm³/mol. The van der Waals surface area contributed by atoms with Crippen LogP contribution in [0.25, 0.3) is 0 Å². The smallest absolute Gasteiger partial charge is 0.387 e. The van der Waals surface area contributed by atoms with E-state index >= 15 is 0 Å². The van der Waals surface area contributed by atoms with Gasteiger partial charge in [0, 0.05) is 25.8 Å². The summed E-state index contributed by atoms with van der Waals surface area (Å²) in [6.07, 6.45) is 0. The van der Waals surface area contributed by atoms with Crippen LogP contribution in [-0.2, 0) is 0 Å². The highest BCUT2D eigenvalue weighted by Crippen LogP contribution is 2.18. The molecule has 0 aromatic heterocycles. The summed E-state index contributed by atoms with van der Waals surface area (Å²) in [5, 5.41) is 0. The van der Waals surface area contributed by atoms with Gasteiger partial charge in [0.15, 0.2) is 0 Å². The first-order valence-electron chi connectivity index (χ1n) is 3.73. The maximum absolute atomic E-state index is 11.7. The number of rotatable bonds is 3. The van der Waals surface area contributed by atoms with Crippen LogP contribution in [0.3, 0.4) is 0 Å². The molecule has 0 atom stereocenters. The molecule has 2 nitrogen and oxygen atoms in total. The summed E-state index contributed by atoms with van der Waals surface area (Å²) in [5.74, 6) is 0.0561. The van der Waals surface area contributed by atoms with Crippen molar-refractivity contribution in [3.63, 3.8) is 0 Å². The molecule has 1 aromatic carbocycles. The molecule has 13 heavy (non-hydrogen) atoms. The van der Waals surface area contributed by atoms with Crippen molar-refractivity contribution in [1.29, 1.82) is 0 Å². The van der Waals surface area contributed by atoms with Gasteiger partial charge in [-0.05, 0) is 18.2 Å². The molecule has 0 aliphatic carbocycles. The van der Waals surface area contributed by atoms with Gasteiger partial charge in [0.1, 0.15) is 5.75 Å². The summed E-state index contributed by atoms with van der Waals surface area (Å²) in [5.41, 5.74) is 0.890. The first-order valence-corrected chi connectivity index (χ1v) is 3.73. The number of alkyl halides is 2. The Morgan fingerprint density at radius 2 is 2.08 bits per heavy atom. The fourth-order valence-corrected chi connectivity index (χ4v) is 0.850.